The van der Waals surface area contributed by atoms with Crippen LogP contribution in [0.15, 0.2) is 29.8 Å². The summed E-state index contributed by atoms with van der Waals surface area (Å²) in [6.45, 7) is 4.97. The lowest BCUT2D eigenvalue weighted by atomic mass is 10.3. The Labute approximate surface area is 140 Å². The fourth-order valence-corrected chi connectivity index (χ4v) is 2.94. The van der Waals surface area contributed by atoms with E-state index in [1.165, 1.54) is 11.3 Å². The number of aromatic nitrogens is 2. The van der Waals surface area contributed by atoms with Crippen molar-refractivity contribution in [1.82, 2.24) is 20.2 Å². The Morgan fingerprint density at radius 2 is 2.26 bits per heavy atom. The van der Waals surface area contributed by atoms with Gasteiger partial charge >= 0.3 is 0 Å². The second-order valence-electron chi connectivity index (χ2n) is 5.04. The summed E-state index contributed by atoms with van der Waals surface area (Å²) >= 11 is 1.49. The molecule has 0 unspecified atom stereocenters. The minimum absolute atomic E-state index is 0.0390. The summed E-state index contributed by atoms with van der Waals surface area (Å²) < 4.78 is 0. The van der Waals surface area contributed by atoms with Crippen LogP contribution in [0.25, 0.3) is 10.7 Å². The van der Waals surface area contributed by atoms with Crippen molar-refractivity contribution in [2.75, 3.05) is 32.8 Å². The summed E-state index contributed by atoms with van der Waals surface area (Å²) in [5, 5.41) is 14.5. The van der Waals surface area contributed by atoms with E-state index in [-0.39, 0.29) is 18.9 Å². The first-order valence-electron chi connectivity index (χ1n) is 7.68. The van der Waals surface area contributed by atoms with Gasteiger partial charge in [0.2, 0.25) is 5.91 Å². The van der Waals surface area contributed by atoms with E-state index in [0.717, 1.165) is 29.5 Å². The molecule has 7 heteroatoms. The number of carbonyl (C=O) groups excluding carboxylic acids is 1. The molecule has 2 N–H and O–H groups in total. The largest absolute Gasteiger partial charge is 0.395 e. The van der Waals surface area contributed by atoms with Crippen LogP contribution in [0.4, 0.5) is 0 Å². The van der Waals surface area contributed by atoms with Crippen molar-refractivity contribution in [3.8, 4) is 10.7 Å². The van der Waals surface area contributed by atoms with E-state index in [0.29, 0.717) is 13.1 Å². The van der Waals surface area contributed by atoms with E-state index in [4.69, 9.17) is 5.11 Å². The Balaban J connectivity index is 1.79. The number of nitrogens with zero attached hydrogens (tertiary/aromatic N) is 3. The lowest BCUT2D eigenvalue weighted by Gasteiger charge is -2.18. The molecule has 0 aromatic carbocycles. The minimum atomic E-state index is -0.0390. The first kappa shape index (κ1) is 17.5. The van der Waals surface area contributed by atoms with Crippen LogP contribution in [-0.4, -0.2) is 58.7 Å². The maximum absolute atomic E-state index is 12.0. The summed E-state index contributed by atoms with van der Waals surface area (Å²) in [5.41, 5.74) is 1.59. The van der Waals surface area contributed by atoms with Crippen LogP contribution < -0.4 is 5.32 Å². The van der Waals surface area contributed by atoms with Gasteiger partial charge in [-0.15, -0.1) is 11.3 Å². The Morgan fingerprint density at radius 3 is 2.96 bits per heavy atom. The topological polar surface area (TPSA) is 78.4 Å². The molecule has 0 saturated heterocycles. The van der Waals surface area contributed by atoms with Crippen molar-refractivity contribution >= 4 is 17.2 Å². The van der Waals surface area contributed by atoms with E-state index in [1.54, 1.807) is 6.20 Å². The molecule has 0 aliphatic carbocycles. The van der Waals surface area contributed by atoms with Crippen LogP contribution in [-0.2, 0) is 11.2 Å². The van der Waals surface area contributed by atoms with Crippen LogP contribution in [0.3, 0.4) is 0 Å². The van der Waals surface area contributed by atoms with Gasteiger partial charge in [-0.25, -0.2) is 4.98 Å². The maximum atomic E-state index is 12.0. The number of aliphatic hydroxyl groups is 1. The number of carbonyl (C=O) groups is 1. The molecule has 2 aromatic heterocycles. The number of likely N-dealkylation sites (N-methyl/N-ethyl adjacent to an activating group) is 1. The third-order valence-electron chi connectivity index (χ3n) is 3.39. The van der Waals surface area contributed by atoms with Crippen LogP contribution in [0, 0.1) is 0 Å². The van der Waals surface area contributed by atoms with Gasteiger partial charge in [-0.2, -0.15) is 0 Å². The molecule has 2 aromatic rings. The van der Waals surface area contributed by atoms with Crippen molar-refractivity contribution in [3.63, 3.8) is 0 Å². The predicted molar refractivity (Wildman–Crippen MR) is 91.3 cm³/mol. The molecule has 0 fully saturated rings. The Morgan fingerprint density at radius 1 is 1.39 bits per heavy atom. The highest BCUT2D eigenvalue weighted by Crippen LogP contribution is 2.21. The number of hydrogen-bond acceptors (Lipinski definition) is 6. The van der Waals surface area contributed by atoms with Crippen LogP contribution >= 0.6 is 11.3 Å². The Bertz CT molecular complexity index is 603. The monoisotopic (exact) mass is 334 g/mol. The smallest absolute Gasteiger partial charge is 0.226 e. The van der Waals surface area contributed by atoms with E-state index in [1.807, 2.05) is 30.5 Å². The molecular formula is C16H22N4O2S. The van der Waals surface area contributed by atoms with Gasteiger partial charge in [0.05, 0.1) is 24.4 Å². The predicted octanol–water partition coefficient (Wildman–Crippen LogP) is 1.18. The zero-order valence-corrected chi connectivity index (χ0v) is 14.1. The number of hydrogen-bond donors (Lipinski definition) is 2. The molecule has 0 atom stereocenters. The number of pyridine rings is 1. The molecule has 0 radical (unpaired) electrons. The SMILES string of the molecule is CCN(CCO)CCNC(=O)Cc1csc(-c2ccccn2)n1. The van der Waals surface area contributed by atoms with Crippen LogP contribution in [0.5, 0.6) is 0 Å². The molecule has 0 aliphatic rings. The van der Waals surface area contributed by atoms with Crippen molar-refractivity contribution in [3.05, 3.63) is 35.5 Å². The lowest BCUT2D eigenvalue weighted by molar-refractivity contribution is -0.120. The van der Waals surface area contributed by atoms with Gasteiger partial charge in [-0.1, -0.05) is 13.0 Å². The van der Waals surface area contributed by atoms with Gasteiger partial charge in [-0.3, -0.25) is 14.7 Å². The van der Waals surface area contributed by atoms with Gasteiger partial charge < -0.3 is 10.4 Å². The molecule has 0 spiro atoms. The van der Waals surface area contributed by atoms with Gasteiger partial charge in [0.1, 0.15) is 5.01 Å². The van der Waals surface area contributed by atoms with E-state index < -0.39 is 0 Å². The Hall–Kier alpha value is -1.83. The van der Waals surface area contributed by atoms with Crippen LogP contribution in [0.2, 0.25) is 0 Å². The number of amides is 1. The number of nitrogens with one attached hydrogen (secondary N) is 1. The first-order chi connectivity index (χ1) is 11.2. The molecule has 0 aliphatic heterocycles. The molecular weight excluding hydrogens is 312 g/mol. The number of rotatable bonds is 9. The number of aliphatic hydroxyl groups excluding tert-OH is 1. The normalized spacial score (nSPS) is 10.9. The summed E-state index contributed by atoms with van der Waals surface area (Å²) in [5.74, 6) is -0.0390. The summed E-state index contributed by atoms with van der Waals surface area (Å²) in [6, 6.07) is 5.69. The average molecular weight is 334 g/mol. The molecule has 6 nitrogen and oxygen atoms in total. The highest BCUT2D eigenvalue weighted by atomic mass is 32.1. The zero-order chi connectivity index (χ0) is 16.5. The molecule has 23 heavy (non-hydrogen) atoms. The molecule has 1 amide bonds. The Kier molecular flexibility index (Phi) is 7.12. The molecule has 2 rings (SSSR count). The zero-order valence-electron chi connectivity index (χ0n) is 13.2. The standard InChI is InChI=1S/C16H22N4O2S/c1-2-20(9-10-21)8-7-18-15(22)11-13-12-23-16(19-13)14-5-3-4-6-17-14/h3-6,12,21H,2,7-11H2,1H3,(H,18,22). The van der Waals surface area contributed by atoms with Crippen LogP contribution in [0.1, 0.15) is 12.6 Å². The first-order valence-corrected chi connectivity index (χ1v) is 8.56. The number of thiazole rings is 1. The second kappa shape index (κ2) is 9.34. The quantitative estimate of drug-likeness (QED) is 0.720. The van der Waals surface area contributed by atoms with E-state index >= 15 is 0 Å². The van der Waals surface area contributed by atoms with E-state index in [9.17, 15) is 4.79 Å². The lowest BCUT2D eigenvalue weighted by Crippen LogP contribution is -2.36. The van der Waals surface area contributed by atoms with Gasteiger partial charge in [-0.05, 0) is 18.7 Å². The summed E-state index contributed by atoms with van der Waals surface area (Å²) in [6.07, 6.45) is 2.00. The third-order valence-corrected chi connectivity index (χ3v) is 4.30. The summed E-state index contributed by atoms with van der Waals surface area (Å²) in [4.78, 5) is 22.8. The van der Waals surface area contributed by atoms with E-state index in [2.05, 4.69) is 20.2 Å². The second-order valence-corrected chi connectivity index (χ2v) is 5.90. The summed E-state index contributed by atoms with van der Waals surface area (Å²) in [7, 11) is 0. The third kappa shape index (κ3) is 5.70. The highest BCUT2D eigenvalue weighted by Gasteiger charge is 2.10. The van der Waals surface area contributed by atoms with Crippen molar-refractivity contribution in [2.45, 2.75) is 13.3 Å². The minimum Gasteiger partial charge on any atom is -0.395 e. The molecule has 0 bridgehead atoms. The highest BCUT2D eigenvalue weighted by molar-refractivity contribution is 7.13. The molecule has 124 valence electrons. The van der Waals surface area contributed by atoms with Crippen molar-refractivity contribution in [2.24, 2.45) is 0 Å². The van der Waals surface area contributed by atoms with Crippen molar-refractivity contribution in [1.29, 1.82) is 0 Å². The fourth-order valence-electron chi connectivity index (χ4n) is 2.14. The van der Waals surface area contributed by atoms with Gasteiger partial charge in [0, 0.05) is 31.2 Å². The fraction of sp³-hybridized carbons (Fsp3) is 0.438. The van der Waals surface area contributed by atoms with Gasteiger partial charge in [0.15, 0.2) is 0 Å². The molecule has 2 heterocycles. The van der Waals surface area contributed by atoms with Gasteiger partial charge in [0.25, 0.3) is 0 Å². The molecule has 0 saturated carbocycles. The maximum Gasteiger partial charge on any atom is 0.226 e. The van der Waals surface area contributed by atoms with Crippen molar-refractivity contribution < 1.29 is 9.90 Å². The average Bonchev–Trinajstić information content (AvgIpc) is 3.03.